The predicted molar refractivity (Wildman–Crippen MR) is 103 cm³/mol. The van der Waals surface area contributed by atoms with E-state index >= 15 is 0 Å². The molecule has 0 radical (unpaired) electrons. The zero-order chi connectivity index (χ0) is 19.0. The molecule has 3 aromatic rings. The number of carbonyl (C=O) groups excluding carboxylic acids is 2. The molecule has 6 heteroatoms. The summed E-state index contributed by atoms with van der Waals surface area (Å²) < 4.78 is 11.5. The highest BCUT2D eigenvalue weighted by Gasteiger charge is 2.30. The van der Waals surface area contributed by atoms with Crippen LogP contribution in [0.15, 0.2) is 41.0 Å². The van der Waals surface area contributed by atoms with Crippen molar-refractivity contribution >= 4 is 33.6 Å². The molecule has 0 bridgehead atoms. The van der Waals surface area contributed by atoms with E-state index in [1.807, 2.05) is 44.4 Å². The number of piperidine rings is 1. The van der Waals surface area contributed by atoms with Crippen LogP contribution in [0.3, 0.4) is 0 Å². The van der Waals surface area contributed by atoms with Crippen LogP contribution in [0.1, 0.15) is 24.3 Å². The number of carbonyl (C=O) groups is 2. The van der Waals surface area contributed by atoms with Gasteiger partial charge in [-0.05, 0) is 55.6 Å². The molecule has 1 aliphatic rings. The van der Waals surface area contributed by atoms with Gasteiger partial charge in [0.05, 0.1) is 12.2 Å². The highest BCUT2D eigenvalue weighted by atomic mass is 16.5. The number of amides is 2. The van der Waals surface area contributed by atoms with E-state index in [2.05, 4.69) is 10.2 Å². The summed E-state index contributed by atoms with van der Waals surface area (Å²) in [4.78, 5) is 25.8. The van der Waals surface area contributed by atoms with Gasteiger partial charge in [-0.1, -0.05) is 6.07 Å². The van der Waals surface area contributed by atoms with Gasteiger partial charge in [-0.3, -0.25) is 14.9 Å². The quantitative estimate of drug-likeness (QED) is 0.703. The van der Waals surface area contributed by atoms with Crippen LogP contribution in [0.2, 0.25) is 0 Å². The van der Waals surface area contributed by atoms with Gasteiger partial charge in [0.2, 0.25) is 11.8 Å². The van der Waals surface area contributed by atoms with Crippen molar-refractivity contribution in [3.05, 3.63) is 42.2 Å². The molecule has 2 aromatic carbocycles. The molecule has 140 valence electrons. The van der Waals surface area contributed by atoms with E-state index in [4.69, 9.17) is 9.15 Å². The number of nitrogens with one attached hydrogen (secondary N) is 1. The number of hydrogen-bond donors (Lipinski definition) is 1. The van der Waals surface area contributed by atoms with E-state index in [1.54, 1.807) is 6.26 Å². The van der Waals surface area contributed by atoms with Gasteiger partial charge in [0.25, 0.3) is 0 Å². The zero-order valence-corrected chi connectivity index (χ0v) is 15.5. The summed E-state index contributed by atoms with van der Waals surface area (Å²) in [6.45, 7) is 1.46. The highest BCUT2D eigenvalue weighted by molar-refractivity contribution is 6.10. The number of imide groups is 1. The van der Waals surface area contributed by atoms with Crippen molar-refractivity contribution in [3.63, 3.8) is 0 Å². The normalized spacial score (nSPS) is 17.7. The Kier molecular flexibility index (Phi) is 4.58. The first kappa shape index (κ1) is 17.5. The predicted octanol–water partition coefficient (Wildman–Crippen LogP) is 3.05. The number of likely N-dealkylation sites (N-methyl/N-ethyl adjacent to an activating group) is 1. The van der Waals surface area contributed by atoms with Gasteiger partial charge in [0, 0.05) is 23.9 Å². The Bertz CT molecular complexity index is 1020. The minimum atomic E-state index is -0.370. The Morgan fingerprint density at radius 3 is 2.85 bits per heavy atom. The summed E-state index contributed by atoms with van der Waals surface area (Å²) in [5.74, 6) is -0.0247. The molecule has 1 aromatic heterocycles. The lowest BCUT2D eigenvalue weighted by atomic mass is 9.89. The molecule has 2 amide bonds. The molecule has 27 heavy (non-hydrogen) atoms. The molecule has 0 spiro atoms. The SMILES string of the molecule is CN(C)CCOc1ccc2c(ccc3occ([C@@H]4CCC(=O)NC4=O)c32)c1. The molecule has 0 unspecified atom stereocenters. The monoisotopic (exact) mass is 366 g/mol. The molecule has 1 aliphatic heterocycles. The number of nitrogens with zero attached hydrogens (tertiary/aromatic N) is 1. The minimum absolute atomic E-state index is 0.214. The second kappa shape index (κ2) is 7.04. The van der Waals surface area contributed by atoms with E-state index in [0.29, 0.717) is 19.4 Å². The fourth-order valence-electron chi connectivity index (χ4n) is 3.55. The third-order valence-electron chi connectivity index (χ3n) is 4.98. The zero-order valence-electron chi connectivity index (χ0n) is 15.5. The average Bonchev–Trinajstić information content (AvgIpc) is 3.05. The minimum Gasteiger partial charge on any atom is -0.492 e. The fourth-order valence-corrected chi connectivity index (χ4v) is 3.55. The van der Waals surface area contributed by atoms with E-state index in [1.165, 1.54) is 0 Å². The standard InChI is InChI=1S/C21H22N2O4/c1-23(2)9-10-26-14-4-5-15-13(11-14)3-7-18-20(15)17(12-27-18)16-6-8-19(24)22-21(16)25/h3-5,7,11-12,16H,6,8-10H2,1-2H3,(H,22,24,25)/t16-/m0/s1. The lowest BCUT2D eigenvalue weighted by molar-refractivity contribution is -0.134. The summed E-state index contributed by atoms with van der Waals surface area (Å²) >= 11 is 0. The van der Waals surface area contributed by atoms with Crippen molar-refractivity contribution in [2.24, 2.45) is 0 Å². The second-order valence-electron chi connectivity index (χ2n) is 7.17. The van der Waals surface area contributed by atoms with Crippen molar-refractivity contribution in [3.8, 4) is 5.75 Å². The van der Waals surface area contributed by atoms with Crippen molar-refractivity contribution < 1.29 is 18.7 Å². The summed E-state index contributed by atoms with van der Waals surface area (Å²) in [7, 11) is 4.02. The third kappa shape index (κ3) is 3.40. The molecule has 2 heterocycles. The second-order valence-corrected chi connectivity index (χ2v) is 7.17. The number of hydrogen-bond acceptors (Lipinski definition) is 5. The van der Waals surface area contributed by atoms with Crippen LogP contribution in [-0.4, -0.2) is 44.0 Å². The first-order chi connectivity index (χ1) is 13.0. The first-order valence-corrected chi connectivity index (χ1v) is 9.08. The summed E-state index contributed by atoms with van der Waals surface area (Å²) in [5.41, 5.74) is 1.57. The molecule has 1 saturated heterocycles. The van der Waals surface area contributed by atoms with Crippen LogP contribution >= 0.6 is 0 Å². The topological polar surface area (TPSA) is 71.8 Å². The van der Waals surface area contributed by atoms with Crippen LogP contribution in [0, 0.1) is 0 Å². The summed E-state index contributed by atoms with van der Waals surface area (Å²) in [6, 6.07) is 9.86. The van der Waals surface area contributed by atoms with Crippen LogP contribution in [0.25, 0.3) is 21.7 Å². The van der Waals surface area contributed by atoms with Crippen LogP contribution < -0.4 is 10.1 Å². The maximum Gasteiger partial charge on any atom is 0.234 e. The number of ether oxygens (including phenoxy) is 1. The third-order valence-corrected chi connectivity index (χ3v) is 4.98. The molecule has 0 saturated carbocycles. The van der Waals surface area contributed by atoms with Gasteiger partial charge in [-0.25, -0.2) is 0 Å². The van der Waals surface area contributed by atoms with Crippen LogP contribution in [-0.2, 0) is 9.59 Å². The molecule has 1 N–H and O–H groups in total. The number of rotatable bonds is 5. The Morgan fingerprint density at radius 2 is 2.07 bits per heavy atom. The Hall–Kier alpha value is -2.86. The molecule has 4 rings (SSSR count). The Labute approximate surface area is 157 Å². The Balaban J connectivity index is 1.71. The largest absolute Gasteiger partial charge is 0.492 e. The maximum absolute atomic E-state index is 12.3. The Morgan fingerprint density at radius 1 is 1.22 bits per heavy atom. The van der Waals surface area contributed by atoms with Gasteiger partial charge in [-0.15, -0.1) is 0 Å². The lowest BCUT2D eigenvalue weighted by Gasteiger charge is -2.20. The van der Waals surface area contributed by atoms with Crippen molar-refractivity contribution in [1.29, 1.82) is 0 Å². The molecular formula is C21H22N2O4. The molecular weight excluding hydrogens is 344 g/mol. The maximum atomic E-state index is 12.3. The van der Waals surface area contributed by atoms with Crippen LogP contribution in [0.5, 0.6) is 5.75 Å². The number of benzene rings is 2. The summed E-state index contributed by atoms with van der Waals surface area (Å²) in [6.07, 6.45) is 2.49. The van der Waals surface area contributed by atoms with Crippen molar-refractivity contribution in [1.82, 2.24) is 10.2 Å². The smallest absolute Gasteiger partial charge is 0.234 e. The van der Waals surface area contributed by atoms with Crippen molar-refractivity contribution in [2.75, 3.05) is 27.2 Å². The number of fused-ring (bicyclic) bond motifs is 3. The van der Waals surface area contributed by atoms with Gasteiger partial charge < -0.3 is 14.1 Å². The first-order valence-electron chi connectivity index (χ1n) is 9.08. The molecule has 6 nitrogen and oxygen atoms in total. The van der Waals surface area contributed by atoms with Gasteiger partial charge in [-0.2, -0.15) is 0 Å². The van der Waals surface area contributed by atoms with Crippen molar-refractivity contribution in [2.45, 2.75) is 18.8 Å². The average molecular weight is 366 g/mol. The number of furan rings is 1. The molecule has 1 fully saturated rings. The lowest BCUT2D eigenvalue weighted by Crippen LogP contribution is -2.39. The molecule has 1 atom stereocenters. The fraction of sp³-hybridized carbons (Fsp3) is 0.333. The molecule has 0 aliphatic carbocycles. The van der Waals surface area contributed by atoms with E-state index in [0.717, 1.165) is 39.6 Å². The van der Waals surface area contributed by atoms with E-state index in [-0.39, 0.29) is 17.7 Å². The van der Waals surface area contributed by atoms with Gasteiger partial charge >= 0.3 is 0 Å². The highest BCUT2D eigenvalue weighted by Crippen LogP contribution is 2.37. The van der Waals surface area contributed by atoms with E-state index < -0.39 is 0 Å². The van der Waals surface area contributed by atoms with Gasteiger partial charge in [0.1, 0.15) is 17.9 Å². The van der Waals surface area contributed by atoms with Crippen LogP contribution in [0.4, 0.5) is 0 Å². The summed E-state index contributed by atoms with van der Waals surface area (Å²) in [5, 5.41) is 5.40. The van der Waals surface area contributed by atoms with E-state index in [9.17, 15) is 9.59 Å². The van der Waals surface area contributed by atoms with Gasteiger partial charge in [0.15, 0.2) is 0 Å².